The van der Waals surface area contributed by atoms with Crippen LogP contribution < -0.4 is 0 Å². The van der Waals surface area contributed by atoms with Crippen LogP contribution in [0.5, 0.6) is 0 Å². The first-order valence-electron chi connectivity index (χ1n) is 16.7. The van der Waals surface area contributed by atoms with Crippen LogP contribution in [0.2, 0.25) is 0 Å². The lowest BCUT2D eigenvalue weighted by molar-refractivity contribution is 1.32. The van der Waals surface area contributed by atoms with Crippen LogP contribution >= 0.6 is 0 Å². The summed E-state index contributed by atoms with van der Waals surface area (Å²) >= 11 is 0. The summed E-state index contributed by atoms with van der Waals surface area (Å²) in [5.41, 5.74) is 15.0. The van der Waals surface area contributed by atoms with Gasteiger partial charge in [0.1, 0.15) is 0 Å². The number of hydrogen-bond acceptors (Lipinski definition) is 4. The topological polar surface area (TPSA) is 51.6 Å². The Morgan fingerprint density at radius 1 is 0.340 bits per heavy atom. The van der Waals surface area contributed by atoms with E-state index < -0.39 is 0 Å². The van der Waals surface area contributed by atoms with Gasteiger partial charge in [0.25, 0.3) is 0 Å². The molecule has 4 heteroatoms. The van der Waals surface area contributed by atoms with Crippen LogP contribution in [0.3, 0.4) is 0 Å². The largest absolute Gasteiger partial charge is 0.264 e. The van der Waals surface area contributed by atoms with E-state index in [-0.39, 0.29) is 0 Å². The van der Waals surface area contributed by atoms with Crippen molar-refractivity contribution in [3.8, 4) is 66.9 Å². The second kappa shape index (κ2) is 12.7. The molecular weight excluding hydrogens is 609 g/mol. The molecule has 0 fully saturated rings. The quantitative estimate of drug-likeness (QED) is 0.170. The average Bonchev–Trinajstić information content (AvgIpc) is 3.21. The highest BCUT2D eigenvalue weighted by Crippen LogP contribution is 2.37. The van der Waals surface area contributed by atoms with Crippen molar-refractivity contribution in [1.29, 1.82) is 0 Å². The number of nitrogens with zero attached hydrogens (tertiary/aromatic N) is 4. The Kier molecular flexibility index (Phi) is 7.45. The molecule has 0 aliphatic heterocycles. The standard InChI is InChI=1S/C46H30N4/c1-2-9-31(10-3-1)43-28-44(50-46-42(43)19-18-32-15-8-22-49-45(32)46)36-14-5-12-34(24-36)33-11-4-13-35(23-33)39-25-40(37-16-6-20-47-29-37)27-41(26-39)38-17-7-21-48-30-38/h1-30H. The molecule has 0 N–H and O–H groups in total. The fourth-order valence-electron chi connectivity index (χ4n) is 6.76. The SMILES string of the molecule is c1ccc(-c2cc(-c3cccc(-c4cccc(-c5cc(-c6cccnc6)cc(-c6cccnc6)c5)c4)c3)nc3c2ccc2cccnc23)cc1. The second-order valence-electron chi connectivity index (χ2n) is 12.4. The van der Waals surface area contributed by atoms with Crippen LogP contribution in [0.1, 0.15) is 0 Å². The number of aromatic nitrogens is 4. The number of fused-ring (bicyclic) bond motifs is 3. The summed E-state index contributed by atoms with van der Waals surface area (Å²) < 4.78 is 0. The fraction of sp³-hybridized carbons (Fsp3) is 0. The highest BCUT2D eigenvalue weighted by Gasteiger charge is 2.14. The Hall–Kier alpha value is -6.78. The van der Waals surface area contributed by atoms with Crippen molar-refractivity contribution in [2.45, 2.75) is 0 Å². The van der Waals surface area contributed by atoms with Gasteiger partial charge in [-0.15, -0.1) is 0 Å². The van der Waals surface area contributed by atoms with Gasteiger partial charge in [-0.1, -0.05) is 97.1 Å². The lowest BCUT2D eigenvalue weighted by Gasteiger charge is -2.14. The molecule has 0 spiro atoms. The molecule has 0 aliphatic rings. The van der Waals surface area contributed by atoms with Gasteiger partial charge in [0.2, 0.25) is 0 Å². The summed E-state index contributed by atoms with van der Waals surface area (Å²) in [5.74, 6) is 0. The minimum absolute atomic E-state index is 0.907. The molecular formula is C46H30N4. The summed E-state index contributed by atoms with van der Waals surface area (Å²) in [5, 5.41) is 2.17. The number of benzene rings is 5. The van der Waals surface area contributed by atoms with Crippen LogP contribution in [0.25, 0.3) is 88.7 Å². The minimum atomic E-state index is 0.907. The monoisotopic (exact) mass is 638 g/mol. The predicted molar refractivity (Wildman–Crippen MR) is 205 cm³/mol. The highest BCUT2D eigenvalue weighted by molar-refractivity contribution is 6.09. The van der Waals surface area contributed by atoms with Crippen molar-refractivity contribution >= 4 is 21.8 Å². The molecule has 0 amide bonds. The summed E-state index contributed by atoms with van der Waals surface area (Å²) in [4.78, 5) is 18.8. The van der Waals surface area contributed by atoms with E-state index in [9.17, 15) is 0 Å². The zero-order valence-electron chi connectivity index (χ0n) is 27.1. The molecule has 4 heterocycles. The molecule has 5 aromatic carbocycles. The third-order valence-corrected chi connectivity index (χ3v) is 9.25. The highest BCUT2D eigenvalue weighted by atomic mass is 14.8. The molecule has 0 saturated heterocycles. The average molecular weight is 639 g/mol. The van der Waals surface area contributed by atoms with Gasteiger partial charge >= 0.3 is 0 Å². The Morgan fingerprint density at radius 3 is 1.54 bits per heavy atom. The summed E-state index contributed by atoms with van der Waals surface area (Å²) in [6, 6.07) is 53.4. The first-order valence-corrected chi connectivity index (χ1v) is 16.7. The maximum atomic E-state index is 5.26. The van der Waals surface area contributed by atoms with Crippen LogP contribution in [0.4, 0.5) is 0 Å². The van der Waals surface area contributed by atoms with E-state index >= 15 is 0 Å². The smallest absolute Gasteiger partial charge is 0.0978 e. The molecule has 9 rings (SSSR count). The summed E-state index contributed by atoms with van der Waals surface area (Å²) in [6.45, 7) is 0. The van der Waals surface area contributed by atoms with E-state index in [2.05, 4.69) is 143 Å². The van der Waals surface area contributed by atoms with Gasteiger partial charge in [0, 0.05) is 58.4 Å². The molecule has 9 aromatic rings. The van der Waals surface area contributed by atoms with Crippen molar-refractivity contribution in [3.05, 3.63) is 183 Å². The number of rotatable bonds is 6. The molecule has 4 aromatic heterocycles. The van der Waals surface area contributed by atoms with E-state index in [1.807, 2.05) is 49.2 Å². The molecule has 0 atom stereocenters. The van der Waals surface area contributed by atoms with Crippen LogP contribution in [0.15, 0.2) is 183 Å². The van der Waals surface area contributed by atoms with Gasteiger partial charge < -0.3 is 0 Å². The van der Waals surface area contributed by atoms with Crippen molar-refractivity contribution in [2.75, 3.05) is 0 Å². The predicted octanol–water partition coefficient (Wildman–Crippen LogP) is 11.6. The number of hydrogen-bond donors (Lipinski definition) is 0. The molecule has 0 saturated carbocycles. The Balaban J connectivity index is 1.16. The van der Waals surface area contributed by atoms with Gasteiger partial charge in [-0.05, 0) is 99.1 Å². The van der Waals surface area contributed by atoms with Gasteiger partial charge in [-0.2, -0.15) is 0 Å². The molecule has 0 radical (unpaired) electrons. The molecule has 0 bridgehead atoms. The zero-order chi connectivity index (χ0) is 33.3. The maximum Gasteiger partial charge on any atom is 0.0978 e. The molecule has 0 unspecified atom stereocenters. The van der Waals surface area contributed by atoms with Crippen molar-refractivity contribution < 1.29 is 0 Å². The zero-order valence-corrected chi connectivity index (χ0v) is 27.1. The van der Waals surface area contributed by atoms with Gasteiger partial charge in [0.15, 0.2) is 0 Å². The number of pyridine rings is 4. The molecule has 0 aliphatic carbocycles. The van der Waals surface area contributed by atoms with Crippen LogP contribution in [-0.2, 0) is 0 Å². The third-order valence-electron chi connectivity index (χ3n) is 9.25. The van der Waals surface area contributed by atoms with Crippen LogP contribution in [-0.4, -0.2) is 19.9 Å². The lowest BCUT2D eigenvalue weighted by Crippen LogP contribution is -1.93. The lowest BCUT2D eigenvalue weighted by atomic mass is 9.92. The molecule has 234 valence electrons. The van der Waals surface area contributed by atoms with E-state index in [1.54, 1.807) is 0 Å². The van der Waals surface area contributed by atoms with Crippen LogP contribution in [0, 0.1) is 0 Å². The van der Waals surface area contributed by atoms with Gasteiger partial charge in [-0.25, -0.2) is 4.98 Å². The Labute approximate surface area is 290 Å². The van der Waals surface area contributed by atoms with Gasteiger partial charge in [-0.3, -0.25) is 15.0 Å². The Morgan fingerprint density at radius 2 is 0.880 bits per heavy atom. The minimum Gasteiger partial charge on any atom is -0.264 e. The first-order chi connectivity index (χ1) is 24.8. The Bertz CT molecular complexity index is 2580. The van der Waals surface area contributed by atoms with E-state index in [0.29, 0.717) is 0 Å². The summed E-state index contributed by atoms with van der Waals surface area (Å²) in [7, 11) is 0. The van der Waals surface area contributed by atoms with Crippen molar-refractivity contribution in [2.24, 2.45) is 0 Å². The third kappa shape index (κ3) is 5.59. The molecule has 50 heavy (non-hydrogen) atoms. The summed E-state index contributed by atoms with van der Waals surface area (Å²) in [6.07, 6.45) is 9.29. The maximum absolute atomic E-state index is 5.26. The van der Waals surface area contributed by atoms with E-state index in [4.69, 9.17) is 9.97 Å². The second-order valence-corrected chi connectivity index (χ2v) is 12.4. The van der Waals surface area contributed by atoms with E-state index in [0.717, 1.165) is 88.7 Å². The normalized spacial score (nSPS) is 11.2. The van der Waals surface area contributed by atoms with Crippen molar-refractivity contribution in [3.63, 3.8) is 0 Å². The van der Waals surface area contributed by atoms with Gasteiger partial charge in [0.05, 0.1) is 16.7 Å². The molecule has 4 nitrogen and oxygen atoms in total. The first kappa shape index (κ1) is 29.4. The van der Waals surface area contributed by atoms with E-state index in [1.165, 1.54) is 0 Å². The van der Waals surface area contributed by atoms with Crippen molar-refractivity contribution in [1.82, 2.24) is 19.9 Å². The fourth-order valence-corrected chi connectivity index (χ4v) is 6.76.